The van der Waals surface area contributed by atoms with Gasteiger partial charge >= 0.3 is 0 Å². The summed E-state index contributed by atoms with van der Waals surface area (Å²) >= 11 is 0. The standard InChI is InChI=1S/C10H12O/c1-5-6-2-3-7-9(5)8(4-6)10(7)11/h6-9H,1-4H2/t6-,7-,8+,9+/m0/s1. The van der Waals surface area contributed by atoms with Crippen LogP contribution in [0.1, 0.15) is 19.3 Å². The van der Waals surface area contributed by atoms with Gasteiger partial charge in [-0.15, -0.1) is 0 Å². The average Bonchev–Trinajstić information content (AvgIpc) is 2.25. The summed E-state index contributed by atoms with van der Waals surface area (Å²) in [6.07, 6.45) is 3.53. The van der Waals surface area contributed by atoms with E-state index in [-0.39, 0.29) is 0 Å². The normalized spacial score (nSPS) is 52.7. The monoisotopic (exact) mass is 148 g/mol. The van der Waals surface area contributed by atoms with E-state index in [1.807, 2.05) is 0 Å². The molecule has 0 aromatic heterocycles. The van der Waals surface area contributed by atoms with E-state index in [1.165, 1.54) is 12.0 Å². The van der Waals surface area contributed by atoms with Crippen LogP contribution in [-0.4, -0.2) is 5.78 Å². The Balaban J connectivity index is 2.07. The van der Waals surface area contributed by atoms with Crippen molar-refractivity contribution in [3.8, 4) is 0 Å². The molecule has 3 fully saturated rings. The average molecular weight is 148 g/mol. The second-order valence-corrected chi connectivity index (χ2v) is 4.23. The first-order chi connectivity index (χ1) is 5.29. The molecule has 0 radical (unpaired) electrons. The van der Waals surface area contributed by atoms with Gasteiger partial charge in [0.1, 0.15) is 5.78 Å². The van der Waals surface area contributed by atoms with Crippen molar-refractivity contribution >= 4 is 5.78 Å². The molecule has 11 heavy (non-hydrogen) atoms. The predicted molar refractivity (Wildman–Crippen MR) is 42.0 cm³/mol. The van der Waals surface area contributed by atoms with Crippen molar-refractivity contribution in [1.82, 2.24) is 0 Å². The molecule has 3 saturated carbocycles. The number of hydrogen-bond donors (Lipinski definition) is 0. The zero-order valence-corrected chi connectivity index (χ0v) is 6.55. The lowest BCUT2D eigenvalue weighted by molar-refractivity contribution is -0.139. The highest BCUT2D eigenvalue weighted by Crippen LogP contribution is 2.60. The molecule has 0 spiro atoms. The SMILES string of the molecule is C=C1[C@H]2CC[C@@H]3C(=O)[C@H](C2)[C@H]13. The maximum absolute atomic E-state index is 11.4. The molecule has 2 bridgehead atoms. The van der Waals surface area contributed by atoms with E-state index in [4.69, 9.17) is 0 Å². The number of rotatable bonds is 0. The highest BCUT2D eigenvalue weighted by Gasteiger charge is 2.58. The Morgan fingerprint density at radius 1 is 1.27 bits per heavy atom. The first-order valence-corrected chi connectivity index (χ1v) is 4.51. The molecule has 1 heteroatoms. The van der Waals surface area contributed by atoms with Gasteiger partial charge in [0.25, 0.3) is 0 Å². The predicted octanol–water partition coefficient (Wildman–Crippen LogP) is 1.79. The molecule has 1 nitrogen and oxygen atoms in total. The fourth-order valence-corrected chi connectivity index (χ4v) is 3.31. The van der Waals surface area contributed by atoms with Crippen LogP contribution in [0.25, 0.3) is 0 Å². The van der Waals surface area contributed by atoms with E-state index < -0.39 is 0 Å². The highest BCUT2D eigenvalue weighted by atomic mass is 16.1. The maximum atomic E-state index is 11.4. The molecule has 3 aliphatic rings. The van der Waals surface area contributed by atoms with Gasteiger partial charge in [-0.2, -0.15) is 0 Å². The summed E-state index contributed by atoms with van der Waals surface area (Å²) in [5, 5.41) is 0. The summed E-state index contributed by atoms with van der Waals surface area (Å²) in [5.74, 6) is 2.72. The first kappa shape index (κ1) is 5.99. The number of carbonyl (C=O) groups excluding carboxylic acids is 1. The van der Waals surface area contributed by atoms with Crippen LogP contribution in [0.3, 0.4) is 0 Å². The summed E-state index contributed by atoms with van der Waals surface area (Å²) in [4.78, 5) is 11.4. The molecule has 0 N–H and O–H groups in total. The molecule has 0 aromatic rings. The molecule has 0 aromatic carbocycles. The van der Waals surface area contributed by atoms with E-state index in [9.17, 15) is 4.79 Å². The second-order valence-electron chi connectivity index (χ2n) is 4.23. The number of fused-ring (bicyclic) bond motifs is 1. The zero-order chi connectivity index (χ0) is 7.59. The summed E-state index contributed by atoms with van der Waals surface area (Å²) in [5.41, 5.74) is 1.41. The molecule has 3 rings (SSSR count). The number of allylic oxidation sites excluding steroid dienone is 1. The molecular weight excluding hydrogens is 136 g/mol. The third-order valence-electron chi connectivity index (χ3n) is 3.92. The van der Waals surface area contributed by atoms with Gasteiger partial charge in [0.2, 0.25) is 0 Å². The van der Waals surface area contributed by atoms with Gasteiger partial charge in [-0.25, -0.2) is 0 Å². The second kappa shape index (κ2) is 1.60. The van der Waals surface area contributed by atoms with Crippen molar-refractivity contribution in [3.05, 3.63) is 12.2 Å². The van der Waals surface area contributed by atoms with Crippen molar-refractivity contribution in [2.45, 2.75) is 19.3 Å². The van der Waals surface area contributed by atoms with Crippen LogP contribution in [-0.2, 0) is 4.79 Å². The van der Waals surface area contributed by atoms with Crippen molar-refractivity contribution in [1.29, 1.82) is 0 Å². The Morgan fingerprint density at radius 2 is 2.09 bits per heavy atom. The summed E-state index contributed by atoms with van der Waals surface area (Å²) in [6.45, 7) is 4.10. The minimum absolute atomic E-state index is 0.409. The quantitative estimate of drug-likeness (QED) is 0.479. The Morgan fingerprint density at radius 3 is 2.91 bits per heavy atom. The fraction of sp³-hybridized carbons (Fsp3) is 0.700. The van der Waals surface area contributed by atoms with Crippen LogP contribution >= 0.6 is 0 Å². The van der Waals surface area contributed by atoms with Gasteiger partial charge in [-0.05, 0) is 31.1 Å². The molecule has 0 saturated heterocycles. The summed E-state index contributed by atoms with van der Waals surface area (Å²) in [6, 6.07) is 0. The lowest BCUT2D eigenvalue weighted by Gasteiger charge is -2.40. The van der Waals surface area contributed by atoms with Crippen molar-refractivity contribution in [2.24, 2.45) is 23.7 Å². The van der Waals surface area contributed by atoms with Gasteiger partial charge in [-0.1, -0.05) is 12.2 Å². The Kier molecular flexibility index (Phi) is 0.869. The van der Waals surface area contributed by atoms with Gasteiger partial charge in [0, 0.05) is 11.8 Å². The van der Waals surface area contributed by atoms with Crippen LogP contribution in [0.2, 0.25) is 0 Å². The van der Waals surface area contributed by atoms with Gasteiger partial charge in [0.05, 0.1) is 0 Å². The van der Waals surface area contributed by atoms with E-state index in [1.54, 1.807) is 0 Å². The Labute approximate surface area is 66.5 Å². The van der Waals surface area contributed by atoms with Crippen LogP contribution < -0.4 is 0 Å². The fourth-order valence-electron chi connectivity index (χ4n) is 3.31. The lowest BCUT2D eigenvalue weighted by atomic mass is 9.61. The molecule has 0 unspecified atom stereocenters. The van der Waals surface area contributed by atoms with E-state index in [0.717, 1.165) is 12.8 Å². The largest absolute Gasteiger partial charge is 0.299 e. The molecule has 0 aliphatic heterocycles. The van der Waals surface area contributed by atoms with Gasteiger partial charge in [0.15, 0.2) is 0 Å². The minimum Gasteiger partial charge on any atom is -0.299 e. The number of carbonyl (C=O) groups is 1. The van der Waals surface area contributed by atoms with Crippen molar-refractivity contribution in [2.75, 3.05) is 0 Å². The zero-order valence-electron chi connectivity index (χ0n) is 6.55. The number of hydrogen-bond acceptors (Lipinski definition) is 1. The van der Waals surface area contributed by atoms with Gasteiger partial charge in [-0.3, -0.25) is 4.79 Å². The Bertz CT molecular complexity index is 246. The minimum atomic E-state index is 0.409. The van der Waals surface area contributed by atoms with Gasteiger partial charge < -0.3 is 0 Å². The third-order valence-corrected chi connectivity index (χ3v) is 3.92. The molecule has 58 valence electrons. The summed E-state index contributed by atoms with van der Waals surface area (Å²) < 4.78 is 0. The lowest BCUT2D eigenvalue weighted by Crippen LogP contribution is -2.45. The highest BCUT2D eigenvalue weighted by molar-refractivity contribution is 5.92. The molecule has 0 amide bonds. The number of ketones is 1. The Hall–Kier alpha value is -0.590. The third kappa shape index (κ3) is 0.492. The summed E-state index contributed by atoms with van der Waals surface area (Å²) in [7, 11) is 0. The van der Waals surface area contributed by atoms with Crippen LogP contribution in [0, 0.1) is 23.7 Å². The van der Waals surface area contributed by atoms with Crippen LogP contribution in [0.5, 0.6) is 0 Å². The molecule has 3 aliphatic carbocycles. The van der Waals surface area contributed by atoms with E-state index in [0.29, 0.717) is 29.5 Å². The van der Waals surface area contributed by atoms with Crippen molar-refractivity contribution < 1.29 is 4.79 Å². The van der Waals surface area contributed by atoms with Crippen LogP contribution in [0.4, 0.5) is 0 Å². The van der Waals surface area contributed by atoms with Crippen LogP contribution in [0.15, 0.2) is 12.2 Å². The maximum Gasteiger partial charge on any atom is 0.140 e. The number of Topliss-reactive ketones (excluding diaryl/α,β-unsaturated/α-hetero) is 1. The van der Waals surface area contributed by atoms with E-state index >= 15 is 0 Å². The smallest absolute Gasteiger partial charge is 0.140 e. The van der Waals surface area contributed by atoms with Crippen molar-refractivity contribution in [3.63, 3.8) is 0 Å². The molecule has 4 atom stereocenters. The topological polar surface area (TPSA) is 17.1 Å². The first-order valence-electron chi connectivity index (χ1n) is 4.51. The molecular formula is C10H12O. The van der Waals surface area contributed by atoms with E-state index in [2.05, 4.69) is 6.58 Å². The molecule has 0 heterocycles.